The van der Waals surface area contributed by atoms with Crippen LogP contribution in [0, 0.1) is 5.92 Å². The van der Waals surface area contributed by atoms with E-state index >= 15 is 0 Å². The number of piperidine rings is 1. The summed E-state index contributed by atoms with van der Waals surface area (Å²) in [4.78, 5) is 24.8. The summed E-state index contributed by atoms with van der Waals surface area (Å²) < 4.78 is 5.49. The molecule has 0 saturated carbocycles. The summed E-state index contributed by atoms with van der Waals surface area (Å²) in [6, 6.07) is 9.12. The molecule has 1 aliphatic heterocycles. The minimum atomic E-state index is -0.474. The maximum absolute atomic E-state index is 12.1. The van der Waals surface area contributed by atoms with E-state index in [1.807, 2.05) is 37.3 Å². The average Bonchev–Trinajstić information content (AvgIpc) is 2.48. The molecule has 1 saturated heterocycles. The SMILES string of the molecule is CC(OC(=O)C1CCCN(C(N)=O)C1)c1ccccc1. The van der Waals surface area contributed by atoms with Crippen molar-refractivity contribution in [3.63, 3.8) is 0 Å². The Kier molecular flexibility index (Phi) is 4.61. The van der Waals surface area contributed by atoms with Crippen LogP contribution < -0.4 is 5.73 Å². The molecule has 1 aliphatic rings. The van der Waals surface area contributed by atoms with Crippen LogP contribution in [0.1, 0.15) is 31.4 Å². The minimum absolute atomic E-state index is 0.257. The summed E-state index contributed by atoms with van der Waals surface area (Å²) in [5.74, 6) is -0.533. The molecule has 108 valence electrons. The van der Waals surface area contributed by atoms with Gasteiger partial charge in [0.25, 0.3) is 0 Å². The Hall–Kier alpha value is -2.04. The third kappa shape index (κ3) is 3.50. The Balaban J connectivity index is 1.93. The lowest BCUT2D eigenvalue weighted by Gasteiger charge is -2.30. The van der Waals surface area contributed by atoms with Crippen LogP contribution in [0.15, 0.2) is 30.3 Å². The van der Waals surface area contributed by atoms with Crippen LogP contribution in [-0.2, 0) is 9.53 Å². The standard InChI is InChI=1S/C15H20N2O3/c1-11(12-6-3-2-4-7-12)20-14(18)13-8-5-9-17(10-13)15(16)19/h2-4,6-7,11,13H,5,8-10H2,1H3,(H2,16,19). The lowest BCUT2D eigenvalue weighted by atomic mass is 9.98. The predicted molar refractivity (Wildman–Crippen MR) is 74.8 cm³/mol. The van der Waals surface area contributed by atoms with Crippen molar-refractivity contribution in [1.82, 2.24) is 4.90 Å². The van der Waals surface area contributed by atoms with Crippen LogP contribution >= 0.6 is 0 Å². The van der Waals surface area contributed by atoms with Gasteiger partial charge in [0.15, 0.2) is 0 Å². The van der Waals surface area contributed by atoms with Crippen molar-refractivity contribution >= 4 is 12.0 Å². The largest absolute Gasteiger partial charge is 0.458 e. The maximum Gasteiger partial charge on any atom is 0.314 e. The van der Waals surface area contributed by atoms with E-state index in [4.69, 9.17) is 10.5 Å². The molecule has 20 heavy (non-hydrogen) atoms. The Morgan fingerprint density at radius 1 is 1.35 bits per heavy atom. The molecule has 0 radical (unpaired) electrons. The maximum atomic E-state index is 12.1. The van der Waals surface area contributed by atoms with Crippen molar-refractivity contribution in [3.05, 3.63) is 35.9 Å². The van der Waals surface area contributed by atoms with Gasteiger partial charge in [-0.15, -0.1) is 0 Å². The van der Waals surface area contributed by atoms with E-state index in [1.54, 1.807) is 0 Å². The summed E-state index contributed by atoms with van der Waals surface area (Å²) >= 11 is 0. The third-order valence-electron chi connectivity index (χ3n) is 3.63. The predicted octanol–water partition coefficient (Wildman–Crippen LogP) is 2.08. The van der Waals surface area contributed by atoms with Crippen molar-refractivity contribution in [2.24, 2.45) is 11.7 Å². The zero-order chi connectivity index (χ0) is 14.5. The van der Waals surface area contributed by atoms with E-state index in [-0.39, 0.29) is 18.0 Å². The first-order valence-corrected chi connectivity index (χ1v) is 6.87. The van der Waals surface area contributed by atoms with E-state index in [0.29, 0.717) is 13.1 Å². The van der Waals surface area contributed by atoms with E-state index in [9.17, 15) is 9.59 Å². The van der Waals surface area contributed by atoms with Crippen molar-refractivity contribution in [1.29, 1.82) is 0 Å². The van der Waals surface area contributed by atoms with Crippen LogP contribution in [-0.4, -0.2) is 30.0 Å². The van der Waals surface area contributed by atoms with Crippen molar-refractivity contribution in [2.45, 2.75) is 25.9 Å². The Labute approximate surface area is 118 Å². The number of ether oxygens (including phenoxy) is 1. The number of rotatable bonds is 3. The average molecular weight is 276 g/mol. The molecule has 2 rings (SSSR count). The van der Waals surface area contributed by atoms with Gasteiger partial charge in [-0.3, -0.25) is 4.79 Å². The highest BCUT2D eigenvalue weighted by atomic mass is 16.5. The molecule has 0 aliphatic carbocycles. The van der Waals surface area contributed by atoms with Gasteiger partial charge in [0, 0.05) is 13.1 Å². The van der Waals surface area contributed by atoms with E-state index in [2.05, 4.69) is 0 Å². The molecule has 1 fully saturated rings. The molecule has 2 atom stereocenters. The van der Waals surface area contributed by atoms with Gasteiger partial charge < -0.3 is 15.4 Å². The first-order valence-electron chi connectivity index (χ1n) is 6.87. The molecule has 0 bridgehead atoms. The fraction of sp³-hybridized carbons (Fsp3) is 0.467. The summed E-state index contributed by atoms with van der Waals surface area (Å²) in [5, 5.41) is 0. The number of amides is 2. The number of nitrogens with zero attached hydrogens (tertiary/aromatic N) is 1. The third-order valence-corrected chi connectivity index (χ3v) is 3.63. The lowest BCUT2D eigenvalue weighted by molar-refractivity contribution is -0.155. The molecule has 1 aromatic rings. The molecule has 2 amide bonds. The number of benzene rings is 1. The van der Waals surface area contributed by atoms with Gasteiger partial charge >= 0.3 is 12.0 Å². The first kappa shape index (κ1) is 14.4. The molecule has 2 unspecified atom stereocenters. The van der Waals surface area contributed by atoms with Gasteiger partial charge in [0.1, 0.15) is 6.10 Å². The number of carbonyl (C=O) groups is 2. The van der Waals surface area contributed by atoms with Gasteiger partial charge in [0.2, 0.25) is 0 Å². The quantitative estimate of drug-likeness (QED) is 0.859. The summed E-state index contributed by atoms with van der Waals surface area (Å²) in [6.45, 7) is 2.82. The molecule has 0 spiro atoms. The number of carbonyl (C=O) groups excluding carboxylic acids is 2. The van der Waals surface area contributed by atoms with E-state index in [0.717, 1.165) is 18.4 Å². The number of urea groups is 1. The van der Waals surface area contributed by atoms with Crippen molar-refractivity contribution < 1.29 is 14.3 Å². The molecule has 5 heteroatoms. The van der Waals surface area contributed by atoms with Gasteiger partial charge in [0.05, 0.1) is 5.92 Å². The van der Waals surface area contributed by atoms with Crippen molar-refractivity contribution in [3.8, 4) is 0 Å². The Bertz CT molecular complexity index is 475. The fourth-order valence-electron chi connectivity index (χ4n) is 2.43. The normalized spacial score (nSPS) is 20.2. The zero-order valence-electron chi connectivity index (χ0n) is 11.6. The highest BCUT2D eigenvalue weighted by molar-refractivity contribution is 5.76. The highest BCUT2D eigenvalue weighted by Crippen LogP contribution is 2.22. The molecule has 0 aromatic heterocycles. The second-order valence-corrected chi connectivity index (χ2v) is 5.11. The second-order valence-electron chi connectivity index (χ2n) is 5.11. The Morgan fingerprint density at radius 3 is 2.70 bits per heavy atom. The monoisotopic (exact) mass is 276 g/mol. The number of primary amides is 1. The lowest BCUT2D eigenvalue weighted by Crippen LogP contribution is -2.45. The fourth-order valence-corrected chi connectivity index (χ4v) is 2.43. The molecule has 1 heterocycles. The minimum Gasteiger partial charge on any atom is -0.458 e. The van der Waals surface area contributed by atoms with Crippen molar-refractivity contribution in [2.75, 3.05) is 13.1 Å². The van der Waals surface area contributed by atoms with E-state index in [1.165, 1.54) is 4.90 Å². The smallest absolute Gasteiger partial charge is 0.314 e. The molecular weight excluding hydrogens is 256 g/mol. The molecule has 5 nitrogen and oxygen atoms in total. The summed E-state index contributed by atoms with van der Waals surface area (Å²) in [7, 11) is 0. The first-order chi connectivity index (χ1) is 9.58. The number of nitrogens with two attached hydrogens (primary N) is 1. The molecular formula is C15H20N2O3. The zero-order valence-corrected chi connectivity index (χ0v) is 11.6. The number of likely N-dealkylation sites (tertiary alicyclic amines) is 1. The molecule has 1 aromatic carbocycles. The van der Waals surface area contributed by atoms with Gasteiger partial charge in [-0.25, -0.2) is 4.79 Å². The molecule has 2 N–H and O–H groups in total. The van der Waals surface area contributed by atoms with Gasteiger partial charge in [-0.2, -0.15) is 0 Å². The van der Waals surface area contributed by atoms with Crippen LogP contribution in [0.2, 0.25) is 0 Å². The summed E-state index contributed by atoms with van der Waals surface area (Å²) in [6.07, 6.45) is 1.24. The van der Waals surface area contributed by atoms with Crippen LogP contribution in [0.5, 0.6) is 0 Å². The van der Waals surface area contributed by atoms with E-state index < -0.39 is 6.03 Å². The van der Waals surface area contributed by atoms with Gasteiger partial charge in [-0.05, 0) is 25.3 Å². The highest BCUT2D eigenvalue weighted by Gasteiger charge is 2.29. The number of esters is 1. The summed E-state index contributed by atoms with van der Waals surface area (Å²) in [5.41, 5.74) is 6.22. The van der Waals surface area contributed by atoms with Gasteiger partial charge in [-0.1, -0.05) is 30.3 Å². The van der Waals surface area contributed by atoms with Crippen LogP contribution in [0.3, 0.4) is 0 Å². The number of hydrogen-bond acceptors (Lipinski definition) is 3. The van der Waals surface area contributed by atoms with Crippen LogP contribution in [0.25, 0.3) is 0 Å². The Morgan fingerprint density at radius 2 is 2.05 bits per heavy atom. The topological polar surface area (TPSA) is 72.6 Å². The second kappa shape index (κ2) is 6.41. The van der Waals surface area contributed by atoms with Crippen LogP contribution in [0.4, 0.5) is 4.79 Å². The number of hydrogen-bond donors (Lipinski definition) is 1.